The zero-order chi connectivity index (χ0) is 18.5. The lowest BCUT2D eigenvalue weighted by molar-refractivity contribution is 0.415. The largest absolute Gasteiger partial charge is 0.497 e. The van der Waals surface area contributed by atoms with Crippen molar-refractivity contribution in [1.82, 2.24) is 14.5 Å². The van der Waals surface area contributed by atoms with Crippen molar-refractivity contribution in [2.24, 2.45) is 0 Å². The summed E-state index contributed by atoms with van der Waals surface area (Å²) in [5.41, 5.74) is 3.27. The molecule has 0 amide bonds. The summed E-state index contributed by atoms with van der Waals surface area (Å²) in [5.74, 6) is 1.69. The Bertz CT molecular complexity index is 1010. The second-order valence-electron chi connectivity index (χ2n) is 6.39. The number of aromatic nitrogens is 3. The van der Waals surface area contributed by atoms with E-state index in [1.165, 1.54) is 11.1 Å². The van der Waals surface area contributed by atoms with Crippen LogP contribution in [0.5, 0.6) is 5.75 Å². The van der Waals surface area contributed by atoms with Crippen molar-refractivity contribution < 1.29 is 4.74 Å². The summed E-state index contributed by atoms with van der Waals surface area (Å²) in [6.45, 7) is 1.77. The summed E-state index contributed by atoms with van der Waals surface area (Å²) in [4.78, 5) is 8.87. The predicted octanol–water partition coefficient (Wildman–Crippen LogP) is 4.61. The number of fused-ring (bicyclic) bond motifs is 1. The topological polar surface area (TPSA) is 52.0 Å². The molecule has 5 heteroatoms. The van der Waals surface area contributed by atoms with Crippen molar-refractivity contribution in [2.75, 3.05) is 19.0 Å². The standard InChI is InChI=1S/C22H22N4O/c1-27-18-8-9-19-20(17-6-3-2-4-7-17)15-22(25-21(19)14-18)24-10-5-12-26-13-11-23-16-26/h2-4,6-9,11,13-16H,5,10,12H2,1H3,(H,24,25). The van der Waals surface area contributed by atoms with Crippen molar-refractivity contribution in [1.29, 1.82) is 0 Å². The van der Waals surface area contributed by atoms with Crippen LogP contribution in [0.3, 0.4) is 0 Å². The van der Waals surface area contributed by atoms with Crippen molar-refractivity contribution >= 4 is 16.7 Å². The van der Waals surface area contributed by atoms with E-state index in [0.29, 0.717) is 0 Å². The van der Waals surface area contributed by atoms with E-state index in [4.69, 9.17) is 9.72 Å². The Balaban J connectivity index is 1.61. The number of nitrogens with one attached hydrogen (secondary N) is 1. The summed E-state index contributed by atoms with van der Waals surface area (Å²) in [7, 11) is 1.68. The van der Waals surface area contributed by atoms with Gasteiger partial charge >= 0.3 is 0 Å². The Morgan fingerprint density at radius 2 is 1.96 bits per heavy atom. The molecule has 0 saturated carbocycles. The van der Waals surface area contributed by atoms with Crippen LogP contribution in [0.2, 0.25) is 0 Å². The van der Waals surface area contributed by atoms with Gasteiger partial charge in [0.25, 0.3) is 0 Å². The van der Waals surface area contributed by atoms with Gasteiger partial charge in [0.05, 0.1) is 19.0 Å². The molecule has 5 nitrogen and oxygen atoms in total. The lowest BCUT2D eigenvalue weighted by Gasteiger charge is -2.12. The molecule has 0 fully saturated rings. The number of hydrogen-bond acceptors (Lipinski definition) is 4. The molecule has 0 atom stereocenters. The molecule has 0 aliphatic rings. The van der Waals surface area contributed by atoms with Gasteiger partial charge in [-0.3, -0.25) is 0 Å². The number of rotatable bonds is 7. The third kappa shape index (κ3) is 3.92. The molecule has 0 spiro atoms. The molecular formula is C22H22N4O. The number of imidazole rings is 1. The minimum absolute atomic E-state index is 0.811. The van der Waals surface area contributed by atoms with Crippen LogP contribution in [0.1, 0.15) is 6.42 Å². The molecule has 2 aromatic carbocycles. The molecule has 136 valence electrons. The number of hydrogen-bond donors (Lipinski definition) is 1. The van der Waals surface area contributed by atoms with E-state index in [1.54, 1.807) is 13.3 Å². The van der Waals surface area contributed by atoms with Gasteiger partial charge in [-0.2, -0.15) is 0 Å². The van der Waals surface area contributed by atoms with Crippen LogP contribution in [0, 0.1) is 0 Å². The fourth-order valence-electron chi connectivity index (χ4n) is 3.18. The minimum Gasteiger partial charge on any atom is -0.497 e. The zero-order valence-electron chi connectivity index (χ0n) is 15.3. The lowest BCUT2D eigenvalue weighted by atomic mass is 10.0. The lowest BCUT2D eigenvalue weighted by Crippen LogP contribution is -2.07. The molecule has 2 aromatic heterocycles. The van der Waals surface area contributed by atoms with Gasteiger partial charge in [0, 0.05) is 36.9 Å². The highest BCUT2D eigenvalue weighted by molar-refractivity contribution is 5.96. The number of nitrogens with zero attached hydrogens (tertiary/aromatic N) is 3. The number of pyridine rings is 1. The molecule has 2 heterocycles. The second-order valence-corrected chi connectivity index (χ2v) is 6.39. The van der Waals surface area contributed by atoms with Crippen molar-refractivity contribution in [3.63, 3.8) is 0 Å². The Hall–Kier alpha value is -3.34. The van der Waals surface area contributed by atoms with E-state index in [-0.39, 0.29) is 0 Å². The fraction of sp³-hybridized carbons (Fsp3) is 0.182. The van der Waals surface area contributed by atoms with E-state index in [9.17, 15) is 0 Å². The number of ether oxygens (including phenoxy) is 1. The molecule has 0 aliphatic carbocycles. The van der Waals surface area contributed by atoms with Gasteiger partial charge in [-0.15, -0.1) is 0 Å². The monoisotopic (exact) mass is 358 g/mol. The SMILES string of the molecule is COc1ccc2c(-c3ccccc3)cc(NCCCn3ccnc3)nc2c1. The van der Waals surface area contributed by atoms with Crippen LogP contribution in [-0.2, 0) is 6.54 Å². The third-order valence-electron chi connectivity index (χ3n) is 4.56. The van der Waals surface area contributed by atoms with Gasteiger partial charge in [0.2, 0.25) is 0 Å². The van der Waals surface area contributed by atoms with E-state index in [1.807, 2.05) is 30.7 Å². The number of benzene rings is 2. The summed E-state index contributed by atoms with van der Waals surface area (Å²) >= 11 is 0. The average Bonchev–Trinajstić information content (AvgIpc) is 3.24. The maximum atomic E-state index is 5.38. The molecule has 0 radical (unpaired) electrons. The molecule has 1 N–H and O–H groups in total. The summed E-state index contributed by atoms with van der Waals surface area (Å²) in [6, 6.07) is 18.6. The normalized spacial score (nSPS) is 10.9. The van der Waals surface area contributed by atoms with Crippen molar-refractivity contribution in [3.05, 3.63) is 73.3 Å². The molecule has 0 bridgehead atoms. The molecule has 0 unspecified atom stereocenters. The summed E-state index contributed by atoms with van der Waals surface area (Å²) in [5, 5.41) is 4.58. The van der Waals surface area contributed by atoms with Gasteiger partial charge < -0.3 is 14.6 Å². The molecule has 4 aromatic rings. The first-order valence-electron chi connectivity index (χ1n) is 9.07. The fourth-order valence-corrected chi connectivity index (χ4v) is 3.18. The van der Waals surface area contributed by atoms with Gasteiger partial charge in [0.15, 0.2) is 0 Å². The summed E-state index contributed by atoms with van der Waals surface area (Å²) < 4.78 is 7.46. The number of aryl methyl sites for hydroxylation is 1. The maximum Gasteiger partial charge on any atom is 0.127 e. The Kier molecular flexibility index (Phi) is 5.01. The zero-order valence-corrected chi connectivity index (χ0v) is 15.3. The third-order valence-corrected chi connectivity index (χ3v) is 4.56. The highest BCUT2D eigenvalue weighted by atomic mass is 16.5. The first-order valence-corrected chi connectivity index (χ1v) is 9.07. The van der Waals surface area contributed by atoms with Crippen LogP contribution in [0.4, 0.5) is 5.82 Å². The van der Waals surface area contributed by atoms with Gasteiger partial charge in [-0.05, 0) is 35.7 Å². The number of anilines is 1. The van der Waals surface area contributed by atoms with Crippen molar-refractivity contribution in [3.8, 4) is 16.9 Å². The number of methoxy groups -OCH3 is 1. The first-order chi connectivity index (χ1) is 13.3. The maximum absolute atomic E-state index is 5.38. The molecular weight excluding hydrogens is 336 g/mol. The minimum atomic E-state index is 0.811. The molecule has 4 rings (SSSR count). The van der Waals surface area contributed by atoms with Gasteiger partial charge in [0.1, 0.15) is 11.6 Å². The summed E-state index contributed by atoms with van der Waals surface area (Å²) in [6.07, 6.45) is 6.62. The highest BCUT2D eigenvalue weighted by Crippen LogP contribution is 2.32. The Morgan fingerprint density at radius 3 is 2.74 bits per heavy atom. The Morgan fingerprint density at radius 1 is 1.07 bits per heavy atom. The highest BCUT2D eigenvalue weighted by Gasteiger charge is 2.09. The second kappa shape index (κ2) is 7.91. The van der Waals surface area contributed by atoms with E-state index in [2.05, 4.69) is 51.3 Å². The molecule has 0 saturated heterocycles. The Labute approximate surface area is 158 Å². The smallest absolute Gasteiger partial charge is 0.127 e. The first kappa shape index (κ1) is 17.1. The molecule has 27 heavy (non-hydrogen) atoms. The van der Waals surface area contributed by atoms with Crippen LogP contribution in [0.25, 0.3) is 22.0 Å². The van der Waals surface area contributed by atoms with Crippen LogP contribution in [-0.4, -0.2) is 28.2 Å². The van der Waals surface area contributed by atoms with Crippen LogP contribution >= 0.6 is 0 Å². The quantitative estimate of drug-likeness (QED) is 0.490. The van der Waals surface area contributed by atoms with Gasteiger partial charge in [-0.1, -0.05) is 30.3 Å². The average molecular weight is 358 g/mol. The van der Waals surface area contributed by atoms with Crippen molar-refractivity contribution in [2.45, 2.75) is 13.0 Å². The molecule has 0 aliphatic heterocycles. The predicted molar refractivity (Wildman–Crippen MR) is 109 cm³/mol. The van der Waals surface area contributed by atoms with E-state index >= 15 is 0 Å². The van der Waals surface area contributed by atoms with Crippen LogP contribution < -0.4 is 10.1 Å². The van der Waals surface area contributed by atoms with Crippen LogP contribution in [0.15, 0.2) is 73.3 Å². The van der Waals surface area contributed by atoms with Gasteiger partial charge in [-0.25, -0.2) is 9.97 Å². The van der Waals surface area contributed by atoms with E-state index < -0.39 is 0 Å². The van der Waals surface area contributed by atoms with E-state index in [0.717, 1.165) is 42.0 Å².